The highest BCUT2D eigenvalue weighted by atomic mass is 16.4. The molecule has 1 unspecified atom stereocenters. The van der Waals surface area contributed by atoms with Crippen molar-refractivity contribution in [2.45, 2.75) is 12.5 Å². The number of carbonyl (C=O) groups is 1. The van der Waals surface area contributed by atoms with Crippen molar-refractivity contribution in [3.8, 4) is 11.1 Å². The molecule has 0 saturated heterocycles. The molecular weight excluding hydrogens is 274 g/mol. The van der Waals surface area contributed by atoms with Crippen molar-refractivity contribution in [2.75, 3.05) is 0 Å². The maximum Gasteiger partial charge on any atom is 0.305 e. The fourth-order valence-electron chi connectivity index (χ4n) is 2.69. The van der Waals surface area contributed by atoms with Crippen molar-refractivity contribution < 1.29 is 9.90 Å². The van der Waals surface area contributed by atoms with Gasteiger partial charge in [0.25, 0.3) is 0 Å². The molecule has 0 fully saturated rings. The number of aliphatic carboxylic acids is 1. The first kappa shape index (κ1) is 14.3. The predicted octanol–water partition coefficient (Wildman–Crippen LogP) is 3.98. The topological polar surface area (TPSA) is 63.3 Å². The SMILES string of the molecule is NC(CC(=O)O)c1ccc(-c2cccc3ccccc23)cc1. The molecule has 3 heteroatoms. The van der Waals surface area contributed by atoms with Gasteiger partial charge in [0.15, 0.2) is 0 Å². The third-order valence-electron chi connectivity index (χ3n) is 3.83. The summed E-state index contributed by atoms with van der Waals surface area (Å²) < 4.78 is 0. The van der Waals surface area contributed by atoms with Crippen LogP contribution in [0, 0.1) is 0 Å². The first-order valence-corrected chi connectivity index (χ1v) is 7.20. The first-order valence-electron chi connectivity index (χ1n) is 7.20. The van der Waals surface area contributed by atoms with Crippen LogP contribution in [0.1, 0.15) is 18.0 Å². The number of fused-ring (bicyclic) bond motifs is 1. The van der Waals surface area contributed by atoms with Gasteiger partial charge in [-0.2, -0.15) is 0 Å². The Balaban J connectivity index is 1.97. The summed E-state index contributed by atoms with van der Waals surface area (Å²) in [6, 6.07) is 21.8. The second-order valence-electron chi connectivity index (χ2n) is 5.35. The molecule has 0 aliphatic heterocycles. The normalized spacial score (nSPS) is 12.2. The molecule has 0 aromatic heterocycles. The Labute approximate surface area is 129 Å². The van der Waals surface area contributed by atoms with Gasteiger partial charge in [0.1, 0.15) is 0 Å². The zero-order valence-corrected chi connectivity index (χ0v) is 12.1. The lowest BCUT2D eigenvalue weighted by molar-refractivity contribution is -0.137. The molecule has 0 radical (unpaired) electrons. The molecule has 3 aromatic carbocycles. The largest absolute Gasteiger partial charge is 0.481 e. The molecule has 0 spiro atoms. The summed E-state index contributed by atoms with van der Waals surface area (Å²) in [5.41, 5.74) is 9.00. The van der Waals surface area contributed by atoms with Crippen LogP contribution in [0.3, 0.4) is 0 Å². The Morgan fingerprint density at radius 3 is 2.36 bits per heavy atom. The Morgan fingerprint density at radius 1 is 0.955 bits per heavy atom. The minimum atomic E-state index is -0.884. The summed E-state index contributed by atoms with van der Waals surface area (Å²) in [6.07, 6.45) is -0.0619. The van der Waals surface area contributed by atoms with Crippen LogP contribution in [0.5, 0.6) is 0 Å². The fraction of sp³-hybridized carbons (Fsp3) is 0.105. The second kappa shape index (κ2) is 6.00. The van der Waals surface area contributed by atoms with Crippen molar-refractivity contribution in [3.63, 3.8) is 0 Å². The summed E-state index contributed by atoms with van der Waals surface area (Å²) in [6.45, 7) is 0. The lowest BCUT2D eigenvalue weighted by atomic mass is 9.96. The minimum Gasteiger partial charge on any atom is -0.481 e. The van der Waals surface area contributed by atoms with Crippen molar-refractivity contribution in [3.05, 3.63) is 72.3 Å². The number of rotatable bonds is 4. The van der Waals surface area contributed by atoms with Gasteiger partial charge >= 0.3 is 5.97 Å². The lowest BCUT2D eigenvalue weighted by Gasteiger charge is -2.11. The van der Waals surface area contributed by atoms with E-state index in [4.69, 9.17) is 10.8 Å². The van der Waals surface area contributed by atoms with E-state index in [2.05, 4.69) is 24.3 Å². The highest BCUT2D eigenvalue weighted by Gasteiger charge is 2.11. The van der Waals surface area contributed by atoms with Crippen molar-refractivity contribution in [2.24, 2.45) is 5.73 Å². The van der Waals surface area contributed by atoms with Crippen LogP contribution in [0.4, 0.5) is 0 Å². The fourth-order valence-corrected chi connectivity index (χ4v) is 2.69. The number of benzene rings is 3. The molecule has 0 aliphatic rings. The van der Waals surface area contributed by atoms with Crippen molar-refractivity contribution in [1.29, 1.82) is 0 Å². The molecule has 0 heterocycles. The smallest absolute Gasteiger partial charge is 0.305 e. The van der Waals surface area contributed by atoms with E-state index in [0.29, 0.717) is 0 Å². The van der Waals surface area contributed by atoms with Crippen LogP contribution in [-0.2, 0) is 4.79 Å². The monoisotopic (exact) mass is 291 g/mol. The Morgan fingerprint density at radius 2 is 1.64 bits per heavy atom. The molecular formula is C19H17NO2. The van der Waals surface area contributed by atoms with E-state index in [0.717, 1.165) is 16.7 Å². The number of carboxylic acid groups (broad SMARTS) is 1. The van der Waals surface area contributed by atoms with Gasteiger partial charge in [-0.25, -0.2) is 0 Å². The van der Waals surface area contributed by atoms with E-state index in [-0.39, 0.29) is 6.42 Å². The molecule has 22 heavy (non-hydrogen) atoms. The number of hydrogen-bond donors (Lipinski definition) is 2. The quantitative estimate of drug-likeness (QED) is 0.764. The van der Waals surface area contributed by atoms with Crippen LogP contribution in [-0.4, -0.2) is 11.1 Å². The van der Waals surface area contributed by atoms with Crippen LogP contribution >= 0.6 is 0 Å². The van der Waals surface area contributed by atoms with Gasteiger partial charge < -0.3 is 10.8 Å². The maximum absolute atomic E-state index is 10.7. The molecule has 0 bridgehead atoms. The summed E-state index contributed by atoms with van der Waals surface area (Å²) in [7, 11) is 0. The van der Waals surface area contributed by atoms with Gasteiger partial charge in [-0.3, -0.25) is 4.79 Å². The van der Waals surface area contributed by atoms with E-state index in [1.807, 2.05) is 42.5 Å². The zero-order chi connectivity index (χ0) is 15.5. The average molecular weight is 291 g/mol. The lowest BCUT2D eigenvalue weighted by Crippen LogP contribution is -2.14. The predicted molar refractivity (Wildman–Crippen MR) is 88.6 cm³/mol. The van der Waals surface area contributed by atoms with E-state index in [9.17, 15) is 4.79 Å². The van der Waals surface area contributed by atoms with E-state index in [1.165, 1.54) is 10.8 Å². The van der Waals surface area contributed by atoms with Gasteiger partial charge in [-0.05, 0) is 27.5 Å². The molecule has 0 saturated carbocycles. The van der Waals surface area contributed by atoms with E-state index < -0.39 is 12.0 Å². The molecule has 110 valence electrons. The molecule has 3 N–H and O–H groups in total. The number of nitrogens with two attached hydrogens (primary N) is 1. The summed E-state index contributed by atoms with van der Waals surface area (Å²) in [4.78, 5) is 10.7. The minimum absolute atomic E-state index is 0.0619. The maximum atomic E-state index is 10.7. The molecule has 0 aliphatic carbocycles. The van der Waals surface area contributed by atoms with Crippen LogP contribution in [0.25, 0.3) is 21.9 Å². The van der Waals surface area contributed by atoms with Crippen molar-refractivity contribution >= 4 is 16.7 Å². The Hall–Kier alpha value is -2.65. The average Bonchev–Trinajstić information content (AvgIpc) is 2.54. The summed E-state index contributed by atoms with van der Waals surface area (Å²) in [5, 5.41) is 11.2. The molecule has 1 atom stereocenters. The van der Waals surface area contributed by atoms with Gasteiger partial charge in [0.2, 0.25) is 0 Å². The Bertz CT molecular complexity index is 804. The zero-order valence-electron chi connectivity index (χ0n) is 12.1. The van der Waals surface area contributed by atoms with Crippen LogP contribution in [0.15, 0.2) is 66.7 Å². The van der Waals surface area contributed by atoms with Crippen LogP contribution < -0.4 is 5.73 Å². The number of carboxylic acids is 1. The van der Waals surface area contributed by atoms with E-state index >= 15 is 0 Å². The highest BCUT2D eigenvalue weighted by Crippen LogP contribution is 2.29. The van der Waals surface area contributed by atoms with Crippen LogP contribution in [0.2, 0.25) is 0 Å². The summed E-state index contributed by atoms with van der Waals surface area (Å²) in [5.74, 6) is -0.884. The third kappa shape index (κ3) is 2.85. The number of hydrogen-bond acceptors (Lipinski definition) is 2. The van der Waals surface area contributed by atoms with E-state index in [1.54, 1.807) is 0 Å². The highest BCUT2D eigenvalue weighted by molar-refractivity contribution is 5.96. The standard InChI is InChI=1S/C19H17NO2/c20-18(12-19(21)22)15-10-8-14(9-11-15)17-7-3-5-13-4-1-2-6-16(13)17/h1-11,18H,12,20H2,(H,21,22). The molecule has 3 rings (SSSR count). The Kier molecular flexibility index (Phi) is 3.90. The molecule has 3 nitrogen and oxygen atoms in total. The van der Waals surface area contributed by atoms with Gasteiger partial charge in [-0.15, -0.1) is 0 Å². The molecule has 0 amide bonds. The van der Waals surface area contributed by atoms with Gasteiger partial charge in [0, 0.05) is 6.04 Å². The van der Waals surface area contributed by atoms with Gasteiger partial charge in [-0.1, -0.05) is 66.7 Å². The van der Waals surface area contributed by atoms with Gasteiger partial charge in [0.05, 0.1) is 6.42 Å². The first-order chi connectivity index (χ1) is 10.6. The van der Waals surface area contributed by atoms with Crippen molar-refractivity contribution in [1.82, 2.24) is 0 Å². The second-order valence-corrected chi connectivity index (χ2v) is 5.35. The third-order valence-corrected chi connectivity index (χ3v) is 3.83. The molecule has 3 aromatic rings. The summed E-state index contributed by atoms with van der Waals surface area (Å²) >= 11 is 0.